The number of pyridine rings is 1. The fourth-order valence-electron chi connectivity index (χ4n) is 1.43. The second kappa shape index (κ2) is 4.41. The van der Waals surface area contributed by atoms with Gasteiger partial charge in [0.05, 0.1) is 5.69 Å². The van der Waals surface area contributed by atoms with E-state index in [4.69, 9.17) is 14.5 Å². The maximum atomic E-state index is 11.1. The molecule has 0 saturated carbocycles. The summed E-state index contributed by atoms with van der Waals surface area (Å²) in [6.45, 7) is 3.60. The van der Waals surface area contributed by atoms with Crippen molar-refractivity contribution < 1.29 is 19.1 Å². The van der Waals surface area contributed by atoms with Crippen LogP contribution in [0.3, 0.4) is 0 Å². The summed E-state index contributed by atoms with van der Waals surface area (Å²) in [5.74, 6) is -1.28. The fourth-order valence-corrected chi connectivity index (χ4v) is 2.18. The molecule has 0 aliphatic heterocycles. The van der Waals surface area contributed by atoms with E-state index >= 15 is 0 Å². The Morgan fingerprint density at radius 2 is 2.00 bits per heavy atom. The minimum Gasteiger partial charge on any atom is -0.363 e. The molecule has 6 heteroatoms. The quantitative estimate of drug-likeness (QED) is 0.771. The van der Waals surface area contributed by atoms with Gasteiger partial charge in [-0.25, -0.2) is 0 Å². The normalized spacial score (nSPS) is 13.9. The molecular formula is C9H14NO4P. The van der Waals surface area contributed by atoms with Crippen LogP contribution in [0.25, 0.3) is 0 Å². The first-order chi connectivity index (χ1) is 6.84. The lowest BCUT2D eigenvalue weighted by Gasteiger charge is -2.16. The van der Waals surface area contributed by atoms with Crippen LogP contribution in [0, 0.1) is 13.8 Å². The monoisotopic (exact) mass is 231 g/mol. The van der Waals surface area contributed by atoms with Crippen molar-refractivity contribution in [2.75, 3.05) is 7.11 Å². The predicted molar refractivity (Wildman–Crippen MR) is 55.5 cm³/mol. The van der Waals surface area contributed by atoms with Crippen LogP contribution in [0.4, 0.5) is 0 Å². The summed E-state index contributed by atoms with van der Waals surface area (Å²) in [4.78, 5) is 22.2. The molecule has 0 aromatic carbocycles. The van der Waals surface area contributed by atoms with Gasteiger partial charge in [0, 0.05) is 12.8 Å². The Balaban J connectivity index is 3.19. The molecule has 1 unspecified atom stereocenters. The molecule has 0 fully saturated rings. The zero-order valence-corrected chi connectivity index (χ0v) is 9.73. The Labute approximate surface area is 88.3 Å². The van der Waals surface area contributed by atoms with Crippen molar-refractivity contribution in [3.05, 3.63) is 29.1 Å². The summed E-state index contributed by atoms with van der Waals surface area (Å²) in [6, 6.07) is 3.44. The second-order valence-corrected chi connectivity index (χ2v) is 5.04. The third-order valence-electron chi connectivity index (χ3n) is 1.90. The number of nitrogens with zero attached hydrogens (tertiary/aromatic N) is 1. The van der Waals surface area contributed by atoms with E-state index in [9.17, 15) is 4.57 Å². The average molecular weight is 231 g/mol. The van der Waals surface area contributed by atoms with Gasteiger partial charge in [-0.05, 0) is 31.5 Å². The van der Waals surface area contributed by atoms with Gasteiger partial charge < -0.3 is 14.5 Å². The lowest BCUT2D eigenvalue weighted by molar-refractivity contribution is 0.134. The van der Waals surface area contributed by atoms with E-state index in [-0.39, 0.29) is 5.69 Å². The number of aromatic nitrogens is 1. The second-order valence-electron chi connectivity index (χ2n) is 3.39. The van der Waals surface area contributed by atoms with Crippen molar-refractivity contribution in [1.29, 1.82) is 0 Å². The Hall–Kier alpha value is -0.740. The summed E-state index contributed by atoms with van der Waals surface area (Å²) in [7, 11) is -3.07. The van der Waals surface area contributed by atoms with Crippen LogP contribution in [0.1, 0.15) is 22.8 Å². The van der Waals surface area contributed by atoms with Gasteiger partial charge in [-0.15, -0.1) is 0 Å². The van der Waals surface area contributed by atoms with E-state index < -0.39 is 13.4 Å². The number of methoxy groups -OCH3 is 1. The van der Waals surface area contributed by atoms with Crippen LogP contribution < -0.4 is 0 Å². The molecule has 2 N–H and O–H groups in total. The molecule has 84 valence electrons. The van der Waals surface area contributed by atoms with Gasteiger partial charge in [0.25, 0.3) is 0 Å². The van der Waals surface area contributed by atoms with Crippen LogP contribution in [-0.4, -0.2) is 21.9 Å². The summed E-state index contributed by atoms with van der Waals surface area (Å²) in [5.41, 5.74) is 1.87. The highest BCUT2D eigenvalue weighted by molar-refractivity contribution is 7.51. The molecular weight excluding hydrogens is 217 g/mol. The molecule has 0 spiro atoms. The molecule has 5 nitrogen and oxygen atoms in total. The van der Waals surface area contributed by atoms with E-state index in [1.165, 1.54) is 7.11 Å². The zero-order chi connectivity index (χ0) is 11.6. The zero-order valence-electron chi connectivity index (χ0n) is 8.84. The number of aryl methyl sites for hydroxylation is 2. The summed E-state index contributed by atoms with van der Waals surface area (Å²) < 4.78 is 15.9. The average Bonchev–Trinajstić information content (AvgIpc) is 1.99. The Kier molecular flexibility index (Phi) is 3.62. The number of ether oxygens (including phenoxy) is 1. The highest BCUT2D eigenvalue weighted by Gasteiger charge is 2.31. The van der Waals surface area contributed by atoms with Crippen LogP contribution in [0.5, 0.6) is 0 Å². The van der Waals surface area contributed by atoms with E-state index in [0.717, 1.165) is 5.56 Å². The minimum atomic E-state index is -4.32. The first-order valence-corrected chi connectivity index (χ1v) is 6.06. The summed E-state index contributed by atoms with van der Waals surface area (Å²) in [5, 5.41) is 0. The third-order valence-corrected chi connectivity index (χ3v) is 2.99. The lowest BCUT2D eigenvalue weighted by atomic mass is 10.2. The number of hydrogen-bond donors (Lipinski definition) is 2. The first-order valence-electron chi connectivity index (χ1n) is 4.38. The van der Waals surface area contributed by atoms with Crippen molar-refractivity contribution in [2.24, 2.45) is 0 Å². The summed E-state index contributed by atoms with van der Waals surface area (Å²) in [6.07, 6.45) is 0. The van der Waals surface area contributed by atoms with Crippen molar-refractivity contribution in [3.8, 4) is 0 Å². The van der Waals surface area contributed by atoms with Crippen molar-refractivity contribution in [3.63, 3.8) is 0 Å². The predicted octanol–water partition coefficient (Wildman–Crippen LogP) is 1.52. The highest BCUT2D eigenvalue weighted by atomic mass is 31.2. The molecule has 1 aromatic heterocycles. The summed E-state index contributed by atoms with van der Waals surface area (Å²) >= 11 is 0. The van der Waals surface area contributed by atoms with E-state index in [2.05, 4.69) is 4.98 Å². The SMILES string of the molecule is COC(c1cc(C)cc(C)n1)P(=O)(O)O. The van der Waals surface area contributed by atoms with Crippen molar-refractivity contribution >= 4 is 7.60 Å². The molecule has 1 atom stereocenters. The molecule has 1 rings (SSSR count). The topological polar surface area (TPSA) is 79.7 Å². The molecule has 15 heavy (non-hydrogen) atoms. The number of rotatable bonds is 3. The molecule has 0 bridgehead atoms. The largest absolute Gasteiger partial charge is 0.363 e. The molecule has 0 aliphatic rings. The van der Waals surface area contributed by atoms with Crippen molar-refractivity contribution in [1.82, 2.24) is 4.98 Å². The van der Waals surface area contributed by atoms with Crippen molar-refractivity contribution in [2.45, 2.75) is 19.7 Å². The van der Waals surface area contributed by atoms with Crippen LogP contribution in [0.2, 0.25) is 0 Å². The Bertz CT molecular complexity index is 381. The molecule has 0 radical (unpaired) electrons. The van der Waals surface area contributed by atoms with Gasteiger partial charge >= 0.3 is 7.60 Å². The smallest absolute Gasteiger partial charge is 0.360 e. The lowest BCUT2D eigenvalue weighted by Crippen LogP contribution is -2.06. The Morgan fingerprint density at radius 3 is 2.40 bits per heavy atom. The highest BCUT2D eigenvalue weighted by Crippen LogP contribution is 2.51. The Morgan fingerprint density at radius 1 is 1.40 bits per heavy atom. The van der Waals surface area contributed by atoms with Gasteiger partial charge in [-0.3, -0.25) is 9.55 Å². The van der Waals surface area contributed by atoms with Crippen LogP contribution in [-0.2, 0) is 9.30 Å². The maximum absolute atomic E-state index is 11.1. The maximum Gasteiger partial charge on any atom is 0.360 e. The van der Waals surface area contributed by atoms with Gasteiger partial charge in [-0.2, -0.15) is 0 Å². The fraction of sp³-hybridized carbons (Fsp3) is 0.444. The molecule has 0 aliphatic carbocycles. The van der Waals surface area contributed by atoms with Gasteiger partial charge in [0.15, 0.2) is 5.85 Å². The first kappa shape index (κ1) is 12.3. The third kappa shape index (κ3) is 3.11. The van der Waals surface area contributed by atoms with Crippen LogP contribution >= 0.6 is 7.60 Å². The molecule has 0 saturated heterocycles. The van der Waals surface area contributed by atoms with Gasteiger partial charge in [-0.1, -0.05) is 0 Å². The standard InChI is InChI=1S/C9H14NO4P/c1-6-4-7(2)10-8(5-6)9(14-3)15(11,12)13/h4-5,9H,1-3H3,(H2,11,12,13). The molecule has 1 heterocycles. The van der Waals surface area contributed by atoms with E-state index in [0.29, 0.717) is 5.69 Å². The van der Waals surface area contributed by atoms with Gasteiger partial charge in [0.1, 0.15) is 0 Å². The van der Waals surface area contributed by atoms with Crippen LogP contribution in [0.15, 0.2) is 12.1 Å². The molecule has 1 aromatic rings. The number of hydrogen-bond acceptors (Lipinski definition) is 3. The van der Waals surface area contributed by atoms with Gasteiger partial charge in [0.2, 0.25) is 0 Å². The minimum absolute atomic E-state index is 0.267. The molecule has 0 amide bonds. The van der Waals surface area contributed by atoms with E-state index in [1.807, 2.05) is 13.0 Å². The van der Waals surface area contributed by atoms with E-state index in [1.54, 1.807) is 13.0 Å².